The largest absolute Gasteiger partial charge is 0.411 e. The number of H-pyrrole nitrogens is 1. The second-order valence-electron chi connectivity index (χ2n) is 1.14. The molecule has 2 N–H and O–H groups in total. The van der Waals surface area contributed by atoms with Crippen molar-refractivity contribution >= 4 is 6.21 Å². The van der Waals surface area contributed by atoms with E-state index in [0.717, 1.165) is 0 Å². The van der Waals surface area contributed by atoms with Crippen molar-refractivity contribution in [3.63, 3.8) is 0 Å². The predicted octanol–water partition coefficient (Wildman–Crippen LogP) is -0.387. The van der Waals surface area contributed by atoms with Crippen molar-refractivity contribution < 1.29 is 5.21 Å². The third-order valence-electron chi connectivity index (χ3n) is 0.624. The molecule has 0 amide bonds. The summed E-state index contributed by atoms with van der Waals surface area (Å²) < 4.78 is 0. The molecule has 1 heterocycles. The number of aromatic amines is 1. The van der Waals surface area contributed by atoms with Gasteiger partial charge >= 0.3 is 0 Å². The number of hydrogen-bond acceptors (Lipinski definition) is 4. The van der Waals surface area contributed by atoms with Crippen LogP contribution >= 0.6 is 0 Å². The van der Waals surface area contributed by atoms with E-state index in [1.165, 1.54) is 12.4 Å². The Morgan fingerprint density at radius 1 is 1.88 bits per heavy atom. The van der Waals surface area contributed by atoms with E-state index in [2.05, 4.69) is 20.6 Å². The topological polar surface area (TPSA) is 74.2 Å². The molecule has 1 aromatic rings. The lowest BCUT2D eigenvalue weighted by atomic mass is 10.5. The van der Waals surface area contributed by atoms with Crippen LogP contribution in [-0.4, -0.2) is 26.8 Å². The summed E-state index contributed by atoms with van der Waals surface area (Å²) in [5.74, 6) is 0. The van der Waals surface area contributed by atoms with Crippen molar-refractivity contribution in [2.45, 2.75) is 0 Å². The molecule has 0 fully saturated rings. The number of rotatable bonds is 1. The van der Waals surface area contributed by atoms with Crippen molar-refractivity contribution in [3.8, 4) is 0 Å². The minimum Gasteiger partial charge on any atom is -0.411 e. The second kappa shape index (κ2) is 2.06. The first kappa shape index (κ1) is 4.76. The monoisotopic (exact) mass is 112 g/mol. The van der Waals surface area contributed by atoms with E-state index in [4.69, 9.17) is 5.21 Å². The predicted molar refractivity (Wildman–Crippen MR) is 25.8 cm³/mol. The van der Waals surface area contributed by atoms with Crippen LogP contribution < -0.4 is 0 Å². The van der Waals surface area contributed by atoms with Gasteiger partial charge in [-0.3, -0.25) is 0 Å². The fourth-order valence-electron chi connectivity index (χ4n) is 0.332. The summed E-state index contributed by atoms with van der Waals surface area (Å²) in [6.45, 7) is 0. The van der Waals surface area contributed by atoms with Crippen molar-refractivity contribution in [3.05, 3.63) is 11.9 Å². The average molecular weight is 112 g/mol. The van der Waals surface area contributed by atoms with Crippen molar-refractivity contribution in [1.29, 1.82) is 0 Å². The molecule has 42 valence electrons. The van der Waals surface area contributed by atoms with Crippen LogP contribution in [0.15, 0.2) is 11.4 Å². The summed E-state index contributed by atoms with van der Waals surface area (Å²) in [5, 5.41) is 20.0. The van der Waals surface area contributed by atoms with Crippen LogP contribution in [0.5, 0.6) is 0 Å². The highest BCUT2D eigenvalue weighted by Gasteiger charge is 1.85. The fraction of sp³-hybridized carbons (Fsp3) is 0. The summed E-state index contributed by atoms with van der Waals surface area (Å²) in [7, 11) is 0. The molecule has 0 aliphatic heterocycles. The number of hydrogen-bond donors (Lipinski definition) is 2. The van der Waals surface area contributed by atoms with Gasteiger partial charge in [-0.05, 0) is 0 Å². The summed E-state index contributed by atoms with van der Waals surface area (Å²) >= 11 is 0. The van der Waals surface area contributed by atoms with Gasteiger partial charge in [0, 0.05) is 0 Å². The summed E-state index contributed by atoms with van der Waals surface area (Å²) in [6, 6.07) is 0. The number of aromatic nitrogens is 3. The van der Waals surface area contributed by atoms with Gasteiger partial charge in [0.2, 0.25) is 0 Å². The van der Waals surface area contributed by atoms with Gasteiger partial charge in [-0.2, -0.15) is 15.4 Å². The van der Waals surface area contributed by atoms with E-state index < -0.39 is 0 Å². The Hall–Kier alpha value is -1.39. The van der Waals surface area contributed by atoms with Crippen LogP contribution in [0.25, 0.3) is 0 Å². The molecule has 8 heavy (non-hydrogen) atoms. The van der Waals surface area contributed by atoms with Crippen LogP contribution in [0.1, 0.15) is 5.69 Å². The van der Waals surface area contributed by atoms with Gasteiger partial charge in [0.1, 0.15) is 5.69 Å². The van der Waals surface area contributed by atoms with Gasteiger partial charge in [-0.15, -0.1) is 0 Å². The van der Waals surface area contributed by atoms with Crippen molar-refractivity contribution in [1.82, 2.24) is 15.4 Å². The lowest BCUT2D eigenvalue weighted by Gasteiger charge is -1.70. The average Bonchev–Trinajstić information content (AvgIpc) is 2.19. The molecule has 0 aromatic carbocycles. The molecule has 5 nitrogen and oxygen atoms in total. The maximum atomic E-state index is 7.93. The highest BCUT2D eigenvalue weighted by Crippen LogP contribution is 1.78. The molecular weight excluding hydrogens is 108 g/mol. The number of nitrogens with zero attached hydrogens (tertiary/aromatic N) is 3. The molecule has 5 heteroatoms. The zero-order valence-corrected chi connectivity index (χ0v) is 3.94. The highest BCUT2D eigenvalue weighted by atomic mass is 16.4. The third-order valence-corrected chi connectivity index (χ3v) is 0.624. The van der Waals surface area contributed by atoms with Crippen LogP contribution in [0, 0.1) is 0 Å². The van der Waals surface area contributed by atoms with Crippen LogP contribution in [0.4, 0.5) is 0 Å². The Bertz CT molecular complexity index is 167. The van der Waals surface area contributed by atoms with Crippen molar-refractivity contribution in [2.75, 3.05) is 0 Å². The molecule has 0 unspecified atom stereocenters. The van der Waals surface area contributed by atoms with E-state index in [1.54, 1.807) is 0 Å². The van der Waals surface area contributed by atoms with Gasteiger partial charge < -0.3 is 5.21 Å². The molecular formula is C3H4N4O. The number of nitrogens with one attached hydrogen (secondary N) is 1. The lowest BCUT2D eigenvalue weighted by Crippen LogP contribution is -1.78. The maximum Gasteiger partial charge on any atom is 0.127 e. The van der Waals surface area contributed by atoms with Gasteiger partial charge in [-0.25, -0.2) is 0 Å². The number of oxime groups is 1. The molecule has 0 saturated carbocycles. The van der Waals surface area contributed by atoms with Gasteiger partial charge in [-0.1, -0.05) is 5.16 Å². The van der Waals surface area contributed by atoms with Crippen LogP contribution in [-0.2, 0) is 0 Å². The van der Waals surface area contributed by atoms with Gasteiger partial charge in [0.05, 0.1) is 12.4 Å². The first-order chi connectivity index (χ1) is 3.93. The SMILES string of the molecule is ON=Cc1cn[nH]n1. The first-order valence-corrected chi connectivity index (χ1v) is 1.96. The molecule has 0 saturated heterocycles. The maximum absolute atomic E-state index is 7.93. The van der Waals surface area contributed by atoms with E-state index in [0.29, 0.717) is 5.69 Å². The normalized spacial score (nSPS) is 10.5. The second-order valence-corrected chi connectivity index (χ2v) is 1.14. The Balaban J connectivity index is 2.77. The zero-order valence-electron chi connectivity index (χ0n) is 3.94. The van der Waals surface area contributed by atoms with Crippen LogP contribution in [0.2, 0.25) is 0 Å². The van der Waals surface area contributed by atoms with E-state index in [1.807, 2.05) is 0 Å². The quantitative estimate of drug-likeness (QED) is 0.295. The third kappa shape index (κ3) is 0.810. The Kier molecular flexibility index (Phi) is 1.23. The van der Waals surface area contributed by atoms with E-state index >= 15 is 0 Å². The summed E-state index contributed by atoms with van der Waals surface area (Å²) in [4.78, 5) is 0. The van der Waals surface area contributed by atoms with E-state index in [-0.39, 0.29) is 0 Å². The molecule has 1 rings (SSSR count). The smallest absolute Gasteiger partial charge is 0.127 e. The molecule has 0 bridgehead atoms. The molecule has 0 aliphatic rings. The van der Waals surface area contributed by atoms with Crippen molar-refractivity contribution in [2.24, 2.45) is 5.16 Å². The lowest BCUT2D eigenvalue weighted by molar-refractivity contribution is 0.321. The Morgan fingerprint density at radius 3 is 3.25 bits per heavy atom. The Morgan fingerprint density at radius 2 is 2.75 bits per heavy atom. The van der Waals surface area contributed by atoms with Crippen LogP contribution in [0.3, 0.4) is 0 Å². The minimum absolute atomic E-state index is 0.507. The Labute approximate surface area is 45.0 Å². The molecule has 0 atom stereocenters. The van der Waals surface area contributed by atoms with E-state index in [9.17, 15) is 0 Å². The fourth-order valence-corrected chi connectivity index (χ4v) is 0.332. The molecule has 1 aromatic heterocycles. The molecule has 0 spiro atoms. The highest BCUT2D eigenvalue weighted by molar-refractivity contribution is 5.75. The summed E-state index contributed by atoms with van der Waals surface area (Å²) in [5.41, 5.74) is 0.507. The molecule has 0 radical (unpaired) electrons. The first-order valence-electron chi connectivity index (χ1n) is 1.96. The molecule has 0 aliphatic carbocycles. The zero-order chi connectivity index (χ0) is 5.82. The van der Waals surface area contributed by atoms with Gasteiger partial charge in [0.25, 0.3) is 0 Å². The minimum atomic E-state index is 0.507. The standard InChI is InChI=1S/C3H4N4O/c8-5-2-3-1-4-7-6-3/h1-2,8H,(H,4,6,7). The summed E-state index contributed by atoms with van der Waals surface area (Å²) in [6.07, 6.45) is 2.63. The van der Waals surface area contributed by atoms with Gasteiger partial charge in [0.15, 0.2) is 0 Å².